The number of thioether (sulfide) groups is 1. The largest absolute Gasteiger partial charge is 0.523 e. The van der Waals surface area contributed by atoms with Crippen molar-refractivity contribution >= 4 is 33.7 Å². The fourth-order valence-corrected chi connectivity index (χ4v) is 7.02. The van der Waals surface area contributed by atoms with E-state index in [1.807, 2.05) is 6.07 Å². The molecule has 2 aliphatic rings. The van der Waals surface area contributed by atoms with Crippen LogP contribution in [0.3, 0.4) is 0 Å². The number of amides is 2. The molecule has 2 amide bonds. The van der Waals surface area contributed by atoms with Gasteiger partial charge in [0.05, 0.1) is 18.2 Å². The van der Waals surface area contributed by atoms with E-state index in [9.17, 15) is 31.2 Å². The zero-order valence-electron chi connectivity index (χ0n) is 22.0. The summed E-state index contributed by atoms with van der Waals surface area (Å²) >= 11 is 1.31. The summed E-state index contributed by atoms with van der Waals surface area (Å²) < 4.78 is 64.9. The topological polar surface area (TPSA) is 134 Å². The van der Waals surface area contributed by atoms with Gasteiger partial charge in [0.2, 0.25) is 0 Å². The lowest BCUT2D eigenvalue weighted by atomic mass is 10.0. The van der Waals surface area contributed by atoms with Crippen LogP contribution in [-0.4, -0.2) is 69.6 Å². The van der Waals surface area contributed by atoms with E-state index in [1.54, 1.807) is 50.1 Å². The molecule has 0 bridgehead atoms. The molecule has 1 fully saturated rings. The van der Waals surface area contributed by atoms with Crippen molar-refractivity contribution in [3.63, 3.8) is 0 Å². The van der Waals surface area contributed by atoms with Crippen molar-refractivity contribution in [1.82, 2.24) is 20.0 Å². The van der Waals surface area contributed by atoms with Crippen molar-refractivity contribution in [3.05, 3.63) is 52.3 Å². The van der Waals surface area contributed by atoms with Gasteiger partial charge in [0, 0.05) is 41.7 Å². The van der Waals surface area contributed by atoms with Gasteiger partial charge in [0.25, 0.3) is 11.8 Å². The van der Waals surface area contributed by atoms with Gasteiger partial charge < -0.3 is 10.2 Å². The number of hydrogen-bond donors (Lipinski definition) is 1. The number of rotatable bonds is 10. The normalized spacial score (nSPS) is 16.8. The van der Waals surface area contributed by atoms with E-state index < -0.39 is 37.6 Å². The molecule has 1 saturated carbocycles. The van der Waals surface area contributed by atoms with Crippen molar-refractivity contribution in [2.45, 2.75) is 54.7 Å². The second-order valence-electron chi connectivity index (χ2n) is 10.5. The number of benzene rings is 1. The van der Waals surface area contributed by atoms with Crippen LogP contribution in [-0.2, 0) is 34.3 Å². The number of carbonyl (C=O) groups excluding carboxylic acids is 2. The highest BCUT2D eigenvalue weighted by atomic mass is 32.2. The third-order valence-electron chi connectivity index (χ3n) is 6.64. The Morgan fingerprint density at radius 2 is 1.90 bits per heavy atom. The van der Waals surface area contributed by atoms with Crippen LogP contribution in [0.2, 0.25) is 0 Å². The number of aromatic nitrogens is 2. The van der Waals surface area contributed by atoms with E-state index in [1.165, 1.54) is 16.4 Å². The average molecular weight is 600 g/mol. The zero-order valence-corrected chi connectivity index (χ0v) is 23.7. The lowest BCUT2D eigenvalue weighted by Crippen LogP contribution is -2.44. The molecule has 40 heavy (non-hydrogen) atoms. The molecule has 0 unspecified atom stereocenters. The molecule has 1 aromatic carbocycles. The molecule has 0 radical (unpaired) electrons. The summed E-state index contributed by atoms with van der Waals surface area (Å²) in [5.41, 5.74) is -3.17. The van der Waals surface area contributed by atoms with E-state index in [0.29, 0.717) is 49.2 Å². The molecule has 0 saturated heterocycles. The van der Waals surface area contributed by atoms with Gasteiger partial charge in [0.15, 0.2) is 5.69 Å². The first kappa shape index (κ1) is 29.9. The van der Waals surface area contributed by atoms with Gasteiger partial charge in [-0.3, -0.25) is 18.5 Å². The number of nitrogens with zero attached hydrogens (tertiary/aromatic N) is 4. The highest BCUT2D eigenvalue weighted by Crippen LogP contribution is 2.54. The van der Waals surface area contributed by atoms with Gasteiger partial charge >= 0.3 is 15.6 Å². The predicted octanol–water partition coefficient (Wildman–Crippen LogP) is 3.13. The van der Waals surface area contributed by atoms with Gasteiger partial charge in [-0.05, 0) is 50.8 Å². The van der Waals surface area contributed by atoms with E-state index in [4.69, 9.17) is 5.26 Å². The van der Waals surface area contributed by atoms with Crippen LogP contribution in [0.4, 0.5) is 13.2 Å². The number of nitriles is 1. The molecule has 1 aliphatic heterocycles. The molecule has 0 spiro atoms. The van der Waals surface area contributed by atoms with Crippen LogP contribution in [0.15, 0.2) is 24.3 Å². The summed E-state index contributed by atoms with van der Waals surface area (Å²) in [5, 5.41) is 16.0. The summed E-state index contributed by atoms with van der Waals surface area (Å²) in [6.45, 7) is 3.40. The van der Waals surface area contributed by atoms with Crippen LogP contribution >= 0.6 is 11.8 Å². The quantitative estimate of drug-likeness (QED) is 0.325. The second-order valence-corrected chi connectivity index (χ2v) is 14.3. The van der Waals surface area contributed by atoms with Crippen LogP contribution in [0.1, 0.15) is 64.4 Å². The standard InChI is InChI=1S/C25H28F3N5O5S2/c1-23(2,15-38-40(36,37)25(26,27)28)39-24(9-10-24)14-33-11-8-18-19(31-32(3)20(18)22(33)35)21(34)30-13-17-6-4-16(12-29)5-7-17/h4-7H,8-11,13-15H2,1-3H3,(H,30,34). The Kier molecular flexibility index (Phi) is 8.00. The number of hydrogen-bond acceptors (Lipinski definition) is 8. The van der Waals surface area contributed by atoms with Gasteiger partial charge in [-0.1, -0.05) is 12.1 Å². The number of halogens is 3. The maximum Gasteiger partial charge on any atom is 0.523 e. The van der Waals surface area contributed by atoms with E-state index in [2.05, 4.69) is 14.6 Å². The highest BCUT2D eigenvalue weighted by molar-refractivity contribution is 8.02. The Hall–Kier alpha value is -3.09. The van der Waals surface area contributed by atoms with Gasteiger partial charge in [0.1, 0.15) is 5.69 Å². The monoisotopic (exact) mass is 599 g/mol. The van der Waals surface area contributed by atoms with Crippen molar-refractivity contribution in [1.29, 1.82) is 5.26 Å². The summed E-state index contributed by atoms with van der Waals surface area (Å²) in [7, 11) is -4.12. The molecule has 2 heterocycles. The predicted molar refractivity (Wildman–Crippen MR) is 140 cm³/mol. The SMILES string of the molecule is Cn1nc(C(=O)NCc2ccc(C#N)cc2)c2c1C(=O)N(CC1(SC(C)(C)COS(=O)(=O)C(F)(F)F)CC1)CC2. The molecular weight excluding hydrogens is 571 g/mol. The molecule has 0 atom stereocenters. The number of carbonyl (C=O) groups is 2. The summed E-state index contributed by atoms with van der Waals surface area (Å²) in [5.74, 6) is -0.727. The van der Waals surface area contributed by atoms with Crippen molar-refractivity contribution < 1.29 is 35.4 Å². The molecule has 1 N–H and O–H groups in total. The number of aryl methyl sites for hydroxylation is 1. The van der Waals surface area contributed by atoms with E-state index in [-0.39, 0.29) is 18.1 Å². The summed E-state index contributed by atoms with van der Waals surface area (Å²) in [6.07, 6.45) is 1.81. The van der Waals surface area contributed by atoms with Crippen LogP contribution in [0.5, 0.6) is 0 Å². The highest BCUT2D eigenvalue weighted by Gasteiger charge is 2.52. The average Bonchev–Trinajstić information content (AvgIpc) is 3.53. The fourth-order valence-electron chi connectivity index (χ4n) is 4.55. The van der Waals surface area contributed by atoms with Crippen LogP contribution < -0.4 is 5.32 Å². The number of fused-ring (bicyclic) bond motifs is 1. The van der Waals surface area contributed by atoms with Crippen molar-refractivity contribution in [3.8, 4) is 6.07 Å². The minimum absolute atomic E-state index is 0.166. The summed E-state index contributed by atoms with van der Waals surface area (Å²) in [6, 6.07) is 8.82. The third-order valence-corrected chi connectivity index (χ3v) is 9.28. The van der Waals surface area contributed by atoms with Gasteiger partial charge in [-0.2, -0.15) is 31.9 Å². The minimum Gasteiger partial charge on any atom is -0.347 e. The van der Waals surface area contributed by atoms with Crippen LogP contribution in [0.25, 0.3) is 0 Å². The molecule has 4 rings (SSSR count). The number of alkyl halides is 3. The maximum atomic E-state index is 13.4. The Balaban J connectivity index is 1.39. The number of nitrogens with one attached hydrogen (secondary N) is 1. The summed E-state index contributed by atoms with van der Waals surface area (Å²) in [4.78, 5) is 28.0. The molecule has 1 aliphatic carbocycles. The Labute approximate surface area is 234 Å². The Morgan fingerprint density at radius 3 is 2.48 bits per heavy atom. The molecule has 10 nitrogen and oxygen atoms in total. The van der Waals surface area contributed by atoms with Gasteiger partial charge in [-0.15, -0.1) is 11.8 Å². The van der Waals surface area contributed by atoms with Gasteiger partial charge in [-0.25, -0.2) is 0 Å². The lowest BCUT2D eigenvalue weighted by Gasteiger charge is -2.34. The Bertz CT molecular complexity index is 1460. The van der Waals surface area contributed by atoms with Crippen molar-refractivity contribution in [2.75, 3.05) is 19.7 Å². The van der Waals surface area contributed by atoms with Crippen LogP contribution in [0, 0.1) is 11.3 Å². The minimum atomic E-state index is -5.70. The maximum absolute atomic E-state index is 13.4. The van der Waals surface area contributed by atoms with E-state index in [0.717, 1.165) is 5.56 Å². The molecular formula is C25H28F3N5O5S2. The molecule has 2 aromatic rings. The lowest BCUT2D eigenvalue weighted by molar-refractivity contribution is -0.0545. The first-order valence-corrected chi connectivity index (χ1v) is 14.6. The second kappa shape index (κ2) is 10.7. The van der Waals surface area contributed by atoms with E-state index >= 15 is 0 Å². The first-order valence-electron chi connectivity index (χ1n) is 12.3. The fraction of sp³-hybridized carbons (Fsp3) is 0.520. The van der Waals surface area contributed by atoms with Crippen molar-refractivity contribution in [2.24, 2.45) is 7.05 Å². The molecule has 1 aromatic heterocycles. The molecule has 15 heteroatoms. The Morgan fingerprint density at radius 1 is 1.25 bits per heavy atom. The first-order chi connectivity index (χ1) is 18.6. The smallest absolute Gasteiger partial charge is 0.347 e. The molecule has 216 valence electrons. The zero-order chi connectivity index (χ0) is 29.5. The third kappa shape index (κ3) is 6.45.